The molecule has 0 saturated carbocycles. The number of nitrogens with zero attached hydrogens (tertiary/aromatic N) is 3. The topological polar surface area (TPSA) is 88.5 Å². The zero-order valence-corrected chi connectivity index (χ0v) is 23.9. The van der Waals surface area contributed by atoms with E-state index < -0.39 is 0 Å². The highest BCUT2D eigenvalue weighted by molar-refractivity contribution is 5.98. The van der Waals surface area contributed by atoms with Gasteiger partial charge in [-0.15, -0.1) is 0 Å². The Hall–Kier alpha value is -2.61. The van der Waals surface area contributed by atoms with Crippen molar-refractivity contribution >= 4 is 28.9 Å². The highest BCUT2D eigenvalue weighted by Gasteiger charge is 2.17. The minimum absolute atomic E-state index is 0.00207. The number of aromatic nitrogens is 2. The molecular weight excluding hydrogens is 478 g/mol. The van der Waals surface area contributed by atoms with Gasteiger partial charge in [0, 0.05) is 31.1 Å². The lowest BCUT2D eigenvalue weighted by Crippen LogP contribution is -2.34. The Morgan fingerprint density at radius 2 is 1.74 bits per heavy atom. The summed E-state index contributed by atoms with van der Waals surface area (Å²) in [5, 5.41) is 6.73. The summed E-state index contributed by atoms with van der Waals surface area (Å²) in [4.78, 5) is 32.2. The normalized spacial score (nSPS) is 14.2. The molecular formula is C30H49N5O3. The first kappa shape index (κ1) is 29.9. The van der Waals surface area contributed by atoms with Crippen LogP contribution in [0.2, 0.25) is 0 Å². The zero-order valence-electron chi connectivity index (χ0n) is 23.9. The van der Waals surface area contributed by atoms with Crippen molar-refractivity contribution in [3.8, 4) is 0 Å². The van der Waals surface area contributed by atoms with Crippen LogP contribution < -0.4 is 10.6 Å². The lowest BCUT2D eigenvalue weighted by molar-refractivity contribution is -0.140. The second kappa shape index (κ2) is 16.4. The number of carbonyl (C=O) groups excluding carboxylic acids is 2. The van der Waals surface area contributed by atoms with Crippen LogP contribution in [0.15, 0.2) is 18.2 Å². The molecule has 1 aliphatic heterocycles. The van der Waals surface area contributed by atoms with E-state index in [4.69, 9.17) is 9.72 Å². The van der Waals surface area contributed by atoms with Crippen LogP contribution in [0.3, 0.4) is 0 Å². The second-order valence-corrected chi connectivity index (χ2v) is 10.6. The molecule has 38 heavy (non-hydrogen) atoms. The van der Waals surface area contributed by atoms with E-state index in [2.05, 4.69) is 33.9 Å². The number of piperidine rings is 1. The van der Waals surface area contributed by atoms with Crippen LogP contribution in [0.4, 0.5) is 5.95 Å². The molecule has 1 aromatic carbocycles. The molecule has 212 valence electrons. The fourth-order valence-corrected chi connectivity index (χ4v) is 5.25. The van der Waals surface area contributed by atoms with Crippen molar-refractivity contribution in [1.29, 1.82) is 0 Å². The number of amides is 1. The Bertz CT molecular complexity index is 991. The van der Waals surface area contributed by atoms with E-state index in [0.29, 0.717) is 24.9 Å². The molecule has 0 unspecified atom stereocenters. The number of ether oxygens (including phenoxy) is 1. The fraction of sp³-hybridized carbons (Fsp3) is 0.700. The summed E-state index contributed by atoms with van der Waals surface area (Å²) < 4.78 is 6.97. The lowest BCUT2D eigenvalue weighted by Gasteiger charge is -2.26. The molecule has 8 nitrogen and oxygen atoms in total. The van der Waals surface area contributed by atoms with E-state index in [1.165, 1.54) is 39.5 Å². The molecule has 2 aromatic rings. The summed E-state index contributed by atoms with van der Waals surface area (Å²) in [7, 11) is 1.42. The summed E-state index contributed by atoms with van der Waals surface area (Å²) in [5.41, 5.74) is 2.54. The predicted octanol–water partition coefficient (Wildman–Crippen LogP) is 5.76. The Kier molecular flexibility index (Phi) is 12.9. The number of hydrogen-bond donors (Lipinski definition) is 2. The number of carbonyl (C=O) groups is 2. The molecule has 2 heterocycles. The van der Waals surface area contributed by atoms with Gasteiger partial charge in [-0.25, -0.2) is 4.98 Å². The number of benzene rings is 1. The average molecular weight is 528 g/mol. The summed E-state index contributed by atoms with van der Waals surface area (Å²) >= 11 is 0. The summed E-state index contributed by atoms with van der Waals surface area (Å²) in [6, 6.07) is 6.06. The van der Waals surface area contributed by atoms with Gasteiger partial charge in [0.05, 0.1) is 18.1 Å². The van der Waals surface area contributed by atoms with Gasteiger partial charge in [-0.05, 0) is 76.4 Å². The molecule has 3 rings (SSSR count). The molecule has 1 amide bonds. The highest BCUT2D eigenvalue weighted by Crippen LogP contribution is 2.23. The minimum Gasteiger partial charge on any atom is -0.469 e. The Morgan fingerprint density at radius 1 is 1.00 bits per heavy atom. The van der Waals surface area contributed by atoms with Crippen molar-refractivity contribution in [2.75, 3.05) is 38.6 Å². The molecule has 8 heteroatoms. The first-order valence-corrected chi connectivity index (χ1v) is 14.9. The van der Waals surface area contributed by atoms with Gasteiger partial charge >= 0.3 is 5.97 Å². The van der Waals surface area contributed by atoms with E-state index in [1.54, 1.807) is 0 Å². The molecule has 0 atom stereocenters. The van der Waals surface area contributed by atoms with Crippen LogP contribution in [-0.4, -0.2) is 65.7 Å². The molecule has 0 spiro atoms. The SMILES string of the molecule is CCCCC(CCCC)NC(=O)c1ccc2nc(NCCCC(=O)OC)n(CCCN3CCCCC3)c2c1. The Labute approximate surface area is 228 Å². The summed E-state index contributed by atoms with van der Waals surface area (Å²) in [5.74, 6) is 0.594. The maximum atomic E-state index is 13.3. The predicted molar refractivity (Wildman–Crippen MR) is 155 cm³/mol. The zero-order chi connectivity index (χ0) is 27.2. The van der Waals surface area contributed by atoms with Crippen molar-refractivity contribution in [3.05, 3.63) is 23.8 Å². The van der Waals surface area contributed by atoms with Crippen LogP contribution in [0, 0.1) is 0 Å². The van der Waals surface area contributed by atoms with Gasteiger partial charge in [0.1, 0.15) is 0 Å². The maximum absolute atomic E-state index is 13.3. The molecule has 2 N–H and O–H groups in total. The number of rotatable bonds is 17. The van der Waals surface area contributed by atoms with E-state index in [1.807, 2.05) is 18.2 Å². The number of likely N-dealkylation sites (tertiary alicyclic amines) is 1. The Morgan fingerprint density at radius 3 is 2.42 bits per heavy atom. The van der Waals surface area contributed by atoms with Crippen LogP contribution in [0.25, 0.3) is 11.0 Å². The van der Waals surface area contributed by atoms with Gasteiger partial charge in [0.2, 0.25) is 5.95 Å². The number of unbranched alkanes of at least 4 members (excludes halogenated alkanes) is 2. The molecule has 0 radical (unpaired) electrons. The third-order valence-corrected chi connectivity index (χ3v) is 7.53. The third-order valence-electron chi connectivity index (χ3n) is 7.53. The third kappa shape index (κ3) is 9.29. The first-order chi connectivity index (χ1) is 18.5. The van der Waals surface area contributed by atoms with Gasteiger partial charge < -0.3 is 24.8 Å². The number of imidazole rings is 1. The maximum Gasteiger partial charge on any atom is 0.305 e. The molecule has 0 aliphatic carbocycles. The quantitative estimate of drug-likeness (QED) is 0.201. The number of methoxy groups -OCH3 is 1. The molecule has 0 bridgehead atoms. The first-order valence-electron chi connectivity index (χ1n) is 14.9. The Balaban J connectivity index is 1.75. The van der Waals surface area contributed by atoms with Crippen molar-refractivity contribution in [1.82, 2.24) is 19.8 Å². The van der Waals surface area contributed by atoms with Gasteiger partial charge in [-0.2, -0.15) is 0 Å². The molecule has 1 aromatic heterocycles. The minimum atomic E-state index is -0.200. The standard InChI is InChI=1S/C30H49N5O3/c1-4-6-13-25(14-7-5-2)32-29(37)24-16-17-26-27(23-24)35(22-12-21-34-19-9-8-10-20-34)30(33-26)31-18-11-15-28(36)38-3/h16-17,23,25H,4-15,18-22H2,1-3H3,(H,31,33)(H,32,37). The van der Waals surface area contributed by atoms with Gasteiger partial charge in [-0.3, -0.25) is 9.59 Å². The number of aryl methyl sites for hydroxylation is 1. The van der Waals surface area contributed by atoms with E-state index in [9.17, 15) is 9.59 Å². The van der Waals surface area contributed by atoms with Crippen LogP contribution in [0.1, 0.15) is 101 Å². The van der Waals surface area contributed by atoms with Gasteiger partial charge in [0.25, 0.3) is 5.91 Å². The monoisotopic (exact) mass is 527 g/mol. The van der Waals surface area contributed by atoms with E-state index in [0.717, 1.165) is 75.0 Å². The van der Waals surface area contributed by atoms with Crippen LogP contribution in [0.5, 0.6) is 0 Å². The van der Waals surface area contributed by atoms with Gasteiger partial charge in [-0.1, -0.05) is 46.0 Å². The van der Waals surface area contributed by atoms with Crippen molar-refractivity contribution in [3.63, 3.8) is 0 Å². The smallest absolute Gasteiger partial charge is 0.305 e. The van der Waals surface area contributed by atoms with Crippen LogP contribution >= 0.6 is 0 Å². The summed E-state index contributed by atoms with van der Waals surface area (Å²) in [6.07, 6.45) is 12.6. The number of fused-ring (bicyclic) bond motifs is 1. The molecule has 1 saturated heterocycles. The molecule has 1 aliphatic rings. The number of esters is 1. The number of anilines is 1. The number of nitrogens with one attached hydrogen (secondary N) is 2. The van der Waals surface area contributed by atoms with E-state index >= 15 is 0 Å². The summed E-state index contributed by atoms with van der Waals surface area (Å²) in [6.45, 7) is 9.29. The number of hydrogen-bond acceptors (Lipinski definition) is 6. The van der Waals surface area contributed by atoms with E-state index in [-0.39, 0.29) is 17.9 Å². The van der Waals surface area contributed by atoms with Crippen LogP contribution in [-0.2, 0) is 16.1 Å². The molecule has 1 fully saturated rings. The van der Waals surface area contributed by atoms with Crippen molar-refractivity contribution in [2.24, 2.45) is 0 Å². The van der Waals surface area contributed by atoms with Crippen molar-refractivity contribution in [2.45, 2.75) is 103 Å². The van der Waals surface area contributed by atoms with Gasteiger partial charge in [0.15, 0.2) is 0 Å². The lowest BCUT2D eigenvalue weighted by atomic mass is 10.0. The second-order valence-electron chi connectivity index (χ2n) is 10.6. The highest BCUT2D eigenvalue weighted by atomic mass is 16.5. The fourth-order valence-electron chi connectivity index (χ4n) is 5.25. The average Bonchev–Trinajstić information content (AvgIpc) is 3.29. The largest absolute Gasteiger partial charge is 0.469 e. The van der Waals surface area contributed by atoms with Crippen molar-refractivity contribution < 1.29 is 14.3 Å².